The number of carbonyl (C=O) groups is 1. The summed E-state index contributed by atoms with van der Waals surface area (Å²) < 4.78 is 5.85. The van der Waals surface area contributed by atoms with Gasteiger partial charge in [0, 0.05) is 6.08 Å². The molecule has 0 heterocycles. The lowest BCUT2D eigenvalue weighted by Crippen LogP contribution is -3.00. The summed E-state index contributed by atoms with van der Waals surface area (Å²) in [7, 11) is 4.20. The van der Waals surface area contributed by atoms with Gasteiger partial charge in [-0.3, -0.25) is 4.48 Å². The van der Waals surface area contributed by atoms with E-state index in [1.807, 2.05) is 0 Å². The maximum atomic E-state index is 11.1. The van der Waals surface area contributed by atoms with Crippen molar-refractivity contribution in [3.05, 3.63) is 12.7 Å². The van der Waals surface area contributed by atoms with Crippen LogP contribution in [0.15, 0.2) is 12.7 Å². The Hall–Kier alpha value is -0.540. The molecule has 0 amide bonds. The van der Waals surface area contributed by atoms with E-state index in [1.165, 1.54) is 70.3 Å². The number of hydrogen-bond acceptors (Lipinski definition) is 2. The molecule has 3 nitrogen and oxygen atoms in total. The van der Waals surface area contributed by atoms with Crippen LogP contribution < -0.4 is 12.4 Å². The quantitative estimate of drug-likeness (QED) is 0.159. The number of carbonyl (C=O) groups excluding carboxylic acids is 1. The third-order valence-electron chi connectivity index (χ3n) is 3.84. The van der Waals surface area contributed by atoms with Crippen LogP contribution in [0.25, 0.3) is 0 Å². The molecule has 0 N–H and O–H groups in total. The predicted molar refractivity (Wildman–Crippen MR) is 90.0 cm³/mol. The van der Waals surface area contributed by atoms with Gasteiger partial charge in [0.2, 0.25) is 6.73 Å². The fourth-order valence-corrected chi connectivity index (χ4v) is 2.39. The van der Waals surface area contributed by atoms with E-state index in [1.54, 1.807) is 0 Å². The summed E-state index contributed by atoms with van der Waals surface area (Å²) in [6.07, 6.45) is 14.7. The number of quaternary nitrogens is 1. The normalized spacial score (nSPS) is 10.9. The summed E-state index contributed by atoms with van der Waals surface area (Å²) in [6, 6.07) is 0. The van der Waals surface area contributed by atoms with Crippen molar-refractivity contribution in [2.75, 3.05) is 27.4 Å². The molecule has 0 radical (unpaired) electrons. The Labute approximate surface area is 144 Å². The van der Waals surface area contributed by atoms with Crippen molar-refractivity contribution in [3.63, 3.8) is 0 Å². The van der Waals surface area contributed by atoms with Crippen molar-refractivity contribution in [3.8, 4) is 0 Å². The fraction of sp³-hybridized carbons (Fsp3) is 0.833. The van der Waals surface area contributed by atoms with Gasteiger partial charge in [0.05, 0.1) is 20.6 Å². The van der Waals surface area contributed by atoms with E-state index in [2.05, 4.69) is 27.6 Å². The van der Waals surface area contributed by atoms with E-state index in [9.17, 15) is 4.79 Å². The summed E-state index contributed by atoms with van der Waals surface area (Å²) in [6.45, 7) is 7.16. The molecule has 0 saturated carbocycles. The summed E-state index contributed by atoms with van der Waals surface area (Å²) >= 11 is 0. The van der Waals surface area contributed by atoms with Crippen LogP contribution in [0.1, 0.15) is 71.1 Å². The van der Waals surface area contributed by atoms with E-state index in [0.29, 0.717) is 6.73 Å². The number of esters is 1. The molecule has 4 heteroatoms. The molecule has 22 heavy (non-hydrogen) atoms. The zero-order valence-electron chi connectivity index (χ0n) is 14.9. The van der Waals surface area contributed by atoms with E-state index < -0.39 is 0 Å². The largest absolute Gasteiger partial charge is 1.00 e. The highest BCUT2D eigenvalue weighted by molar-refractivity contribution is 5.81. The van der Waals surface area contributed by atoms with Gasteiger partial charge in [-0.2, -0.15) is 0 Å². The number of ether oxygens (including phenoxy) is 1. The zero-order valence-corrected chi connectivity index (χ0v) is 15.7. The van der Waals surface area contributed by atoms with E-state index >= 15 is 0 Å². The molecular weight excluding hydrogens is 298 g/mol. The van der Waals surface area contributed by atoms with Gasteiger partial charge < -0.3 is 17.1 Å². The van der Waals surface area contributed by atoms with Crippen LogP contribution in [-0.2, 0) is 9.53 Å². The van der Waals surface area contributed by atoms with Gasteiger partial charge in [-0.25, -0.2) is 4.79 Å². The minimum absolute atomic E-state index is 0. The molecular formula is C18H36ClNO2. The molecule has 0 aromatic heterocycles. The summed E-state index contributed by atoms with van der Waals surface area (Å²) in [5.41, 5.74) is 0. The molecule has 132 valence electrons. The molecule has 0 spiro atoms. The first-order valence-corrected chi connectivity index (χ1v) is 8.63. The molecule has 0 aliphatic rings. The van der Waals surface area contributed by atoms with Crippen LogP contribution in [0.3, 0.4) is 0 Å². The minimum Gasteiger partial charge on any atom is -1.00 e. The first kappa shape index (κ1) is 23.7. The van der Waals surface area contributed by atoms with E-state index in [-0.39, 0.29) is 18.4 Å². The lowest BCUT2D eigenvalue weighted by molar-refractivity contribution is -0.907. The lowest BCUT2D eigenvalue weighted by Gasteiger charge is -2.28. The molecule has 0 aromatic carbocycles. The second-order valence-corrected chi connectivity index (χ2v) is 6.64. The van der Waals surface area contributed by atoms with Crippen molar-refractivity contribution >= 4 is 5.97 Å². The van der Waals surface area contributed by atoms with E-state index in [4.69, 9.17) is 4.74 Å². The highest BCUT2D eigenvalue weighted by atomic mass is 35.5. The molecule has 0 unspecified atom stereocenters. The van der Waals surface area contributed by atoms with Crippen molar-refractivity contribution in [1.82, 2.24) is 0 Å². The summed E-state index contributed by atoms with van der Waals surface area (Å²) in [5, 5.41) is 0. The third kappa shape index (κ3) is 15.8. The standard InChI is InChI=1S/C18H36NO2.ClH/c1-5-7-8-9-10-11-12-13-14-15-16-19(3,4)17-21-18(20)6-2;/h6H,2,5,7-17H2,1,3-4H3;1H/q+1;/p-1. The molecule has 0 aromatic rings. The Morgan fingerprint density at radius 2 is 1.41 bits per heavy atom. The second-order valence-electron chi connectivity index (χ2n) is 6.64. The SMILES string of the molecule is C=CC(=O)OC[N+](C)(C)CCCCCCCCCCCC.[Cl-]. The highest BCUT2D eigenvalue weighted by Crippen LogP contribution is 2.11. The van der Waals surface area contributed by atoms with Crippen molar-refractivity contribution in [1.29, 1.82) is 0 Å². The fourth-order valence-electron chi connectivity index (χ4n) is 2.39. The molecule has 0 atom stereocenters. The van der Waals surface area contributed by atoms with Crippen molar-refractivity contribution < 1.29 is 26.4 Å². The monoisotopic (exact) mass is 333 g/mol. The van der Waals surface area contributed by atoms with E-state index in [0.717, 1.165) is 11.0 Å². The first-order valence-electron chi connectivity index (χ1n) is 8.63. The minimum atomic E-state index is -0.329. The average Bonchev–Trinajstić information content (AvgIpc) is 2.46. The number of rotatable bonds is 14. The van der Waals surface area contributed by atoms with Crippen LogP contribution in [0.4, 0.5) is 0 Å². The van der Waals surface area contributed by atoms with Gasteiger partial charge in [0.15, 0.2) is 0 Å². The third-order valence-corrected chi connectivity index (χ3v) is 3.84. The highest BCUT2D eigenvalue weighted by Gasteiger charge is 2.15. The first-order chi connectivity index (χ1) is 10.0. The molecule has 0 bridgehead atoms. The van der Waals surface area contributed by atoms with Gasteiger partial charge in [-0.05, 0) is 12.8 Å². The van der Waals surface area contributed by atoms with Crippen LogP contribution in [0.5, 0.6) is 0 Å². The van der Waals surface area contributed by atoms with Crippen LogP contribution in [0.2, 0.25) is 0 Å². The smallest absolute Gasteiger partial charge is 0.334 e. The number of nitrogens with zero attached hydrogens (tertiary/aromatic N) is 1. The molecule has 0 saturated heterocycles. The van der Waals surface area contributed by atoms with Crippen LogP contribution in [-0.4, -0.2) is 37.8 Å². The Morgan fingerprint density at radius 1 is 0.955 bits per heavy atom. The Bertz CT molecular complexity index is 280. The Balaban J connectivity index is 0. The van der Waals surface area contributed by atoms with Crippen LogP contribution >= 0.6 is 0 Å². The maximum Gasteiger partial charge on any atom is 0.334 e. The zero-order chi connectivity index (χ0) is 16.0. The molecule has 0 fully saturated rings. The van der Waals surface area contributed by atoms with Crippen molar-refractivity contribution in [2.24, 2.45) is 0 Å². The lowest BCUT2D eigenvalue weighted by atomic mass is 10.1. The van der Waals surface area contributed by atoms with Gasteiger partial charge in [0.25, 0.3) is 0 Å². The topological polar surface area (TPSA) is 26.3 Å². The van der Waals surface area contributed by atoms with Gasteiger partial charge in [-0.1, -0.05) is 64.9 Å². The molecule has 0 rings (SSSR count). The number of hydrogen-bond donors (Lipinski definition) is 0. The second kappa shape index (κ2) is 15.4. The predicted octanol–water partition coefficient (Wildman–Crippen LogP) is 1.67. The maximum absolute atomic E-state index is 11.1. The number of halogens is 1. The molecule has 0 aliphatic heterocycles. The van der Waals surface area contributed by atoms with Crippen LogP contribution in [0, 0.1) is 0 Å². The Kier molecular flexibility index (Phi) is 16.6. The summed E-state index contributed by atoms with van der Waals surface area (Å²) in [4.78, 5) is 11.1. The number of unbranched alkanes of at least 4 members (excludes halogenated alkanes) is 9. The van der Waals surface area contributed by atoms with Gasteiger partial charge in [-0.15, -0.1) is 0 Å². The van der Waals surface area contributed by atoms with Gasteiger partial charge >= 0.3 is 5.97 Å². The van der Waals surface area contributed by atoms with Crippen molar-refractivity contribution in [2.45, 2.75) is 71.1 Å². The summed E-state index contributed by atoms with van der Waals surface area (Å²) in [5.74, 6) is -0.329. The van der Waals surface area contributed by atoms with Gasteiger partial charge in [0.1, 0.15) is 0 Å². The average molecular weight is 334 g/mol. The molecule has 0 aliphatic carbocycles. The Morgan fingerprint density at radius 3 is 1.86 bits per heavy atom.